The van der Waals surface area contributed by atoms with Crippen molar-refractivity contribution in [1.29, 1.82) is 0 Å². The van der Waals surface area contributed by atoms with E-state index in [1.54, 1.807) is 14.2 Å². The first-order chi connectivity index (χ1) is 6.72. The Kier molecular flexibility index (Phi) is 3.77. The Bertz CT molecular complexity index is 299. The van der Waals surface area contributed by atoms with Crippen LogP contribution in [0.15, 0.2) is 18.2 Å². The molecule has 0 unspecified atom stereocenters. The van der Waals surface area contributed by atoms with Crippen molar-refractivity contribution in [2.45, 2.75) is 19.4 Å². The average molecular weight is 195 g/mol. The van der Waals surface area contributed by atoms with Crippen LogP contribution in [0.4, 0.5) is 0 Å². The van der Waals surface area contributed by atoms with Gasteiger partial charge >= 0.3 is 0 Å². The van der Waals surface area contributed by atoms with Gasteiger partial charge in [-0.15, -0.1) is 0 Å². The smallest absolute Gasteiger partial charge is 0.127 e. The highest BCUT2D eigenvalue weighted by atomic mass is 16.5. The van der Waals surface area contributed by atoms with Crippen molar-refractivity contribution < 1.29 is 9.47 Å². The van der Waals surface area contributed by atoms with E-state index >= 15 is 0 Å². The van der Waals surface area contributed by atoms with E-state index in [4.69, 9.17) is 15.2 Å². The van der Waals surface area contributed by atoms with E-state index in [0.29, 0.717) is 0 Å². The number of hydrogen-bond acceptors (Lipinski definition) is 3. The molecule has 0 saturated carbocycles. The molecule has 78 valence electrons. The topological polar surface area (TPSA) is 44.5 Å². The fourth-order valence-corrected chi connectivity index (χ4v) is 1.34. The second-order valence-corrected chi connectivity index (χ2v) is 3.12. The van der Waals surface area contributed by atoms with Crippen molar-refractivity contribution in [1.82, 2.24) is 0 Å². The number of hydrogen-bond donors (Lipinski definition) is 1. The molecule has 0 bridgehead atoms. The SMILES string of the molecule is CC[C@H](N)c1ccc(OC)cc1OC. The van der Waals surface area contributed by atoms with Crippen molar-refractivity contribution in [2.24, 2.45) is 5.73 Å². The molecule has 0 radical (unpaired) electrons. The van der Waals surface area contributed by atoms with Crippen molar-refractivity contribution in [3.05, 3.63) is 23.8 Å². The number of rotatable bonds is 4. The molecular weight excluding hydrogens is 178 g/mol. The standard InChI is InChI=1S/C11H17NO2/c1-4-10(12)9-6-5-8(13-2)7-11(9)14-3/h5-7,10H,4,12H2,1-3H3/t10-/m0/s1. The molecule has 1 aromatic rings. The summed E-state index contributed by atoms with van der Waals surface area (Å²) in [5.41, 5.74) is 6.97. The van der Waals surface area contributed by atoms with E-state index in [0.717, 1.165) is 23.5 Å². The average Bonchev–Trinajstić information content (AvgIpc) is 2.27. The number of nitrogens with two attached hydrogens (primary N) is 1. The van der Waals surface area contributed by atoms with Crippen LogP contribution in [0.3, 0.4) is 0 Å². The van der Waals surface area contributed by atoms with Crippen LogP contribution in [-0.4, -0.2) is 14.2 Å². The van der Waals surface area contributed by atoms with Crippen LogP contribution < -0.4 is 15.2 Å². The summed E-state index contributed by atoms with van der Waals surface area (Å²) in [6.07, 6.45) is 0.892. The highest BCUT2D eigenvalue weighted by Gasteiger charge is 2.10. The Hall–Kier alpha value is -1.22. The van der Waals surface area contributed by atoms with Crippen LogP contribution >= 0.6 is 0 Å². The molecule has 0 heterocycles. The lowest BCUT2D eigenvalue weighted by molar-refractivity contribution is 0.388. The molecule has 0 saturated heterocycles. The maximum Gasteiger partial charge on any atom is 0.127 e. The maximum absolute atomic E-state index is 5.94. The summed E-state index contributed by atoms with van der Waals surface area (Å²) in [6, 6.07) is 5.72. The fourth-order valence-electron chi connectivity index (χ4n) is 1.34. The predicted octanol–water partition coefficient (Wildman–Crippen LogP) is 2.11. The molecule has 0 aliphatic carbocycles. The van der Waals surface area contributed by atoms with Crippen LogP contribution in [0.1, 0.15) is 24.9 Å². The van der Waals surface area contributed by atoms with Gasteiger partial charge in [0.2, 0.25) is 0 Å². The minimum Gasteiger partial charge on any atom is -0.497 e. The molecule has 0 aliphatic heterocycles. The molecule has 1 atom stereocenters. The van der Waals surface area contributed by atoms with Crippen LogP contribution in [0.25, 0.3) is 0 Å². The van der Waals surface area contributed by atoms with Gasteiger partial charge in [-0.25, -0.2) is 0 Å². The monoisotopic (exact) mass is 195 g/mol. The highest BCUT2D eigenvalue weighted by molar-refractivity contribution is 5.42. The van der Waals surface area contributed by atoms with Crippen molar-refractivity contribution in [2.75, 3.05) is 14.2 Å². The first-order valence-corrected chi connectivity index (χ1v) is 4.70. The van der Waals surface area contributed by atoms with E-state index < -0.39 is 0 Å². The maximum atomic E-state index is 5.94. The molecule has 3 nitrogen and oxygen atoms in total. The molecule has 1 rings (SSSR count). The first kappa shape index (κ1) is 10.9. The van der Waals surface area contributed by atoms with Gasteiger partial charge < -0.3 is 15.2 Å². The minimum atomic E-state index is 0.0239. The zero-order chi connectivity index (χ0) is 10.6. The largest absolute Gasteiger partial charge is 0.497 e. The predicted molar refractivity (Wildman–Crippen MR) is 56.8 cm³/mol. The van der Waals surface area contributed by atoms with E-state index in [9.17, 15) is 0 Å². The molecule has 1 aromatic carbocycles. The molecule has 0 spiro atoms. The van der Waals surface area contributed by atoms with Gasteiger partial charge in [0.05, 0.1) is 14.2 Å². The third-order valence-electron chi connectivity index (χ3n) is 2.28. The Morgan fingerprint density at radius 2 is 2.00 bits per heavy atom. The number of methoxy groups -OCH3 is 2. The molecule has 14 heavy (non-hydrogen) atoms. The van der Waals surface area contributed by atoms with Crippen molar-refractivity contribution in [3.8, 4) is 11.5 Å². The molecule has 0 amide bonds. The highest BCUT2D eigenvalue weighted by Crippen LogP contribution is 2.29. The molecule has 2 N–H and O–H groups in total. The quantitative estimate of drug-likeness (QED) is 0.800. The van der Waals surface area contributed by atoms with Gasteiger partial charge in [0.1, 0.15) is 11.5 Å². The zero-order valence-corrected chi connectivity index (χ0v) is 8.91. The lowest BCUT2D eigenvalue weighted by Gasteiger charge is -2.14. The Morgan fingerprint density at radius 1 is 1.29 bits per heavy atom. The summed E-state index contributed by atoms with van der Waals surface area (Å²) < 4.78 is 10.4. The van der Waals surface area contributed by atoms with Gasteiger partial charge in [0, 0.05) is 17.7 Å². The number of benzene rings is 1. The molecule has 0 fully saturated rings. The zero-order valence-electron chi connectivity index (χ0n) is 8.91. The second kappa shape index (κ2) is 4.86. The van der Waals surface area contributed by atoms with E-state index in [1.165, 1.54) is 0 Å². The Morgan fingerprint density at radius 3 is 2.50 bits per heavy atom. The molecular formula is C11H17NO2. The summed E-state index contributed by atoms with van der Waals surface area (Å²) in [7, 11) is 3.27. The van der Waals surface area contributed by atoms with Gasteiger partial charge in [0.15, 0.2) is 0 Å². The normalized spacial score (nSPS) is 12.3. The van der Waals surface area contributed by atoms with Gasteiger partial charge in [-0.05, 0) is 12.5 Å². The van der Waals surface area contributed by atoms with Crippen LogP contribution in [-0.2, 0) is 0 Å². The Labute approximate surface area is 84.8 Å². The first-order valence-electron chi connectivity index (χ1n) is 4.70. The van der Waals surface area contributed by atoms with E-state index in [2.05, 4.69) is 0 Å². The lowest BCUT2D eigenvalue weighted by atomic mass is 10.0. The van der Waals surface area contributed by atoms with E-state index in [1.807, 2.05) is 25.1 Å². The summed E-state index contributed by atoms with van der Waals surface area (Å²) in [4.78, 5) is 0. The Balaban J connectivity index is 3.04. The molecule has 0 aliphatic rings. The number of ether oxygens (including phenoxy) is 2. The van der Waals surface area contributed by atoms with Gasteiger partial charge in [0.25, 0.3) is 0 Å². The second-order valence-electron chi connectivity index (χ2n) is 3.12. The van der Waals surface area contributed by atoms with Crippen LogP contribution in [0.5, 0.6) is 11.5 Å². The van der Waals surface area contributed by atoms with Crippen LogP contribution in [0, 0.1) is 0 Å². The summed E-state index contributed by atoms with van der Waals surface area (Å²) >= 11 is 0. The minimum absolute atomic E-state index is 0.0239. The summed E-state index contributed by atoms with van der Waals surface area (Å²) in [5.74, 6) is 1.58. The molecule has 0 aromatic heterocycles. The lowest BCUT2D eigenvalue weighted by Crippen LogP contribution is -2.10. The van der Waals surface area contributed by atoms with Crippen molar-refractivity contribution in [3.63, 3.8) is 0 Å². The van der Waals surface area contributed by atoms with Crippen LogP contribution in [0.2, 0.25) is 0 Å². The fraction of sp³-hybridized carbons (Fsp3) is 0.455. The van der Waals surface area contributed by atoms with Gasteiger partial charge in [-0.3, -0.25) is 0 Å². The summed E-state index contributed by atoms with van der Waals surface area (Å²) in [5, 5.41) is 0. The molecule has 3 heteroatoms. The third-order valence-corrected chi connectivity index (χ3v) is 2.28. The third kappa shape index (κ3) is 2.17. The summed E-state index contributed by atoms with van der Waals surface area (Å²) in [6.45, 7) is 2.05. The van der Waals surface area contributed by atoms with Crippen molar-refractivity contribution >= 4 is 0 Å². The van der Waals surface area contributed by atoms with E-state index in [-0.39, 0.29) is 6.04 Å². The van der Waals surface area contributed by atoms with Gasteiger partial charge in [-0.1, -0.05) is 13.0 Å². The van der Waals surface area contributed by atoms with Gasteiger partial charge in [-0.2, -0.15) is 0 Å².